The summed E-state index contributed by atoms with van der Waals surface area (Å²) in [6.07, 6.45) is 1.73. The second-order valence-corrected chi connectivity index (χ2v) is 6.27. The first-order chi connectivity index (χ1) is 14.1. The van der Waals surface area contributed by atoms with Crippen molar-refractivity contribution >= 4 is 5.91 Å². The Bertz CT molecular complexity index is 1070. The van der Waals surface area contributed by atoms with E-state index in [9.17, 15) is 4.79 Å². The fourth-order valence-electron chi connectivity index (χ4n) is 3.45. The zero-order chi connectivity index (χ0) is 20.5. The number of methoxy groups -OCH3 is 3. The van der Waals surface area contributed by atoms with Crippen LogP contribution in [0.3, 0.4) is 0 Å². The molecule has 0 spiro atoms. The normalized spacial score (nSPS) is 12.0. The van der Waals surface area contributed by atoms with Crippen molar-refractivity contribution in [3.05, 3.63) is 42.2 Å². The molecule has 3 N–H and O–H groups in total. The summed E-state index contributed by atoms with van der Waals surface area (Å²) in [6.45, 7) is 0.0483. The van der Waals surface area contributed by atoms with E-state index in [-0.39, 0.29) is 12.5 Å². The van der Waals surface area contributed by atoms with E-state index in [2.05, 4.69) is 4.98 Å². The Labute approximate surface area is 167 Å². The largest absolute Gasteiger partial charge is 0.497 e. The van der Waals surface area contributed by atoms with Crippen LogP contribution >= 0.6 is 0 Å². The minimum atomic E-state index is -0.599. The van der Waals surface area contributed by atoms with Gasteiger partial charge >= 0.3 is 0 Å². The lowest BCUT2D eigenvalue weighted by atomic mass is 9.95. The van der Waals surface area contributed by atoms with Crippen LogP contribution in [0.4, 0.5) is 0 Å². The summed E-state index contributed by atoms with van der Waals surface area (Å²) in [5, 5.41) is 0. The van der Waals surface area contributed by atoms with Crippen LogP contribution in [-0.4, -0.2) is 39.0 Å². The fourth-order valence-corrected chi connectivity index (χ4v) is 3.45. The summed E-state index contributed by atoms with van der Waals surface area (Å²) in [4.78, 5) is 15.2. The van der Waals surface area contributed by atoms with Gasteiger partial charge in [-0.15, -0.1) is 0 Å². The van der Waals surface area contributed by atoms with Crippen LogP contribution in [-0.2, 0) is 0 Å². The van der Waals surface area contributed by atoms with Crippen molar-refractivity contribution in [1.82, 2.24) is 4.98 Å². The zero-order valence-electron chi connectivity index (χ0n) is 16.2. The van der Waals surface area contributed by atoms with Gasteiger partial charge in [0.2, 0.25) is 18.3 Å². The number of primary amides is 1. The maximum Gasteiger partial charge on any atom is 0.265 e. The standard InChI is InChI=1S/C21H20N2O6/c1-25-12-6-4-11(5-7-12)14-9-23-17(21(22)24)16(14)13-8-15(26-2)19-20(18(13)27-3)29-10-28-19/h4-9,23H,10H2,1-3H3,(H2,22,24). The van der Waals surface area contributed by atoms with Crippen LogP contribution in [0.15, 0.2) is 36.5 Å². The molecule has 0 saturated heterocycles. The van der Waals surface area contributed by atoms with Crippen LogP contribution in [0.5, 0.6) is 28.7 Å². The van der Waals surface area contributed by atoms with E-state index in [1.807, 2.05) is 24.3 Å². The Hall–Kier alpha value is -3.81. The summed E-state index contributed by atoms with van der Waals surface area (Å²) < 4.78 is 27.4. The van der Waals surface area contributed by atoms with Gasteiger partial charge in [0, 0.05) is 22.9 Å². The Morgan fingerprint density at radius 3 is 2.34 bits per heavy atom. The van der Waals surface area contributed by atoms with Gasteiger partial charge in [0.1, 0.15) is 11.4 Å². The number of amides is 1. The lowest BCUT2D eigenvalue weighted by Crippen LogP contribution is -2.12. The van der Waals surface area contributed by atoms with Crippen LogP contribution < -0.4 is 29.4 Å². The van der Waals surface area contributed by atoms with Gasteiger partial charge in [-0.05, 0) is 23.8 Å². The van der Waals surface area contributed by atoms with Crippen molar-refractivity contribution in [2.75, 3.05) is 28.1 Å². The first-order valence-corrected chi connectivity index (χ1v) is 8.79. The number of hydrogen-bond donors (Lipinski definition) is 2. The van der Waals surface area contributed by atoms with E-state index >= 15 is 0 Å². The highest BCUT2D eigenvalue weighted by atomic mass is 16.7. The number of rotatable bonds is 6. The second-order valence-electron chi connectivity index (χ2n) is 6.27. The summed E-state index contributed by atoms with van der Waals surface area (Å²) in [5.74, 6) is 1.89. The molecule has 8 heteroatoms. The molecular weight excluding hydrogens is 376 g/mol. The minimum absolute atomic E-state index is 0.0483. The molecule has 0 atom stereocenters. The first kappa shape index (κ1) is 18.5. The summed E-state index contributed by atoms with van der Waals surface area (Å²) in [5.41, 5.74) is 8.69. The maximum absolute atomic E-state index is 12.2. The number of nitrogens with two attached hydrogens (primary N) is 1. The fraction of sp³-hybridized carbons (Fsp3) is 0.190. The van der Waals surface area contributed by atoms with Gasteiger partial charge in [-0.2, -0.15) is 0 Å². The predicted molar refractivity (Wildman–Crippen MR) is 106 cm³/mol. The van der Waals surface area contributed by atoms with Crippen LogP contribution in [0.1, 0.15) is 10.5 Å². The third-order valence-electron chi connectivity index (χ3n) is 4.78. The Balaban J connectivity index is 1.99. The third-order valence-corrected chi connectivity index (χ3v) is 4.78. The van der Waals surface area contributed by atoms with Crippen molar-refractivity contribution in [1.29, 1.82) is 0 Å². The van der Waals surface area contributed by atoms with Crippen LogP contribution in [0.25, 0.3) is 22.3 Å². The molecule has 1 aliphatic rings. The number of carbonyl (C=O) groups is 1. The summed E-state index contributed by atoms with van der Waals surface area (Å²) >= 11 is 0. The minimum Gasteiger partial charge on any atom is -0.497 e. The van der Waals surface area contributed by atoms with Gasteiger partial charge in [-0.3, -0.25) is 4.79 Å². The quantitative estimate of drug-likeness (QED) is 0.663. The number of aromatic nitrogens is 1. The van der Waals surface area contributed by atoms with Gasteiger partial charge in [0.15, 0.2) is 11.5 Å². The molecule has 4 rings (SSSR count). The van der Waals surface area contributed by atoms with Crippen molar-refractivity contribution in [3.8, 4) is 51.0 Å². The predicted octanol–water partition coefficient (Wildman–Crippen LogP) is 3.20. The molecule has 2 heterocycles. The molecule has 0 bridgehead atoms. The number of benzene rings is 2. The maximum atomic E-state index is 12.2. The SMILES string of the molecule is COc1ccc(-c2c[nH]c(C(N)=O)c2-c2cc(OC)c3c(c2OC)OCO3)cc1. The molecule has 0 radical (unpaired) electrons. The van der Waals surface area contributed by atoms with Crippen molar-refractivity contribution < 1.29 is 28.5 Å². The monoisotopic (exact) mass is 396 g/mol. The average molecular weight is 396 g/mol. The molecule has 0 unspecified atom stereocenters. The molecule has 2 aromatic carbocycles. The Kier molecular flexibility index (Phi) is 4.67. The number of nitrogens with one attached hydrogen (secondary N) is 1. The third kappa shape index (κ3) is 2.98. The van der Waals surface area contributed by atoms with Crippen molar-refractivity contribution in [3.63, 3.8) is 0 Å². The number of carbonyl (C=O) groups excluding carboxylic acids is 1. The van der Waals surface area contributed by atoms with E-state index in [1.54, 1.807) is 19.4 Å². The zero-order valence-corrected chi connectivity index (χ0v) is 16.2. The molecule has 3 aromatic rings. The highest BCUT2D eigenvalue weighted by Gasteiger charge is 2.30. The van der Waals surface area contributed by atoms with Gasteiger partial charge < -0.3 is 34.4 Å². The van der Waals surface area contributed by atoms with Crippen LogP contribution in [0, 0.1) is 0 Å². The van der Waals surface area contributed by atoms with Gasteiger partial charge in [0.25, 0.3) is 5.91 Å². The van der Waals surface area contributed by atoms with Gasteiger partial charge in [-0.25, -0.2) is 0 Å². The molecule has 1 amide bonds. The number of H-pyrrole nitrogens is 1. The van der Waals surface area contributed by atoms with E-state index in [0.29, 0.717) is 34.1 Å². The molecule has 150 valence electrons. The summed E-state index contributed by atoms with van der Waals surface area (Å²) in [6, 6.07) is 9.22. The van der Waals surface area contributed by atoms with Crippen molar-refractivity contribution in [2.45, 2.75) is 0 Å². The van der Waals surface area contributed by atoms with E-state index in [1.165, 1.54) is 14.2 Å². The smallest absolute Gasteiger partial charge is 0.265 e. The topological polar surface area (TPSA) is 105 Å². The van der Waals surface area contributed by atoms with Crippen LogP contribution in [0.2, 0.25) is 0 Å². The summed E-state index contributed by atoms with van der Waals surface area (Å²) in [7, 11) is 4.66. The Morgan fingerprint density at radius 2 is 1.72 bits per heavy atom. The number of aromatic amines is 1. The highest BCUT2D eigenvalue weighted by molar-refractivity contribution is 6.04. The molecule has 0 saturated carbocycles. The van der Waals surface area contributed by atoms with E-state index < -0.39 is 5.91 Å². The molecule has 29 heavy (non-hydrogen) atoms. The number of hydrogen-bond acceptors (Lipinski definition) is 6. The lowest BCUT2D eigenvalue weighted by molar-refractivity contribution is 0.0996. The molecule has 8 nitrogen and oxygen atoms in total. The first-order valence-electron chi connectivity index (χ1n) is 8.79. The van der Waals surface area contributed by atoms with Gasteiger partial charge in [0.05, 0.1) is 21.3 Å². The highest BCUT2D eigenvalue weighted by Crippen LogP contribution is 2.54. The molecule has 0 aliphatic carbocycles. The number of fused-ring (bicyclic) bond motifs is 1. The molecule has 1 aromatic heterocycles. The molecule has 1 aliphatic heterocycles. The van der Waals surface area contributed by atoms with E-state index in [4.69, 9.17) is 29.4 Å². The number of ether oxygens (including phenoxy) is 5. The molecule has 0 fully saturated rings. The Morgan fingerprint density at radius 1 is 1.00 bits per heavy atom. The molecular formula is C21H20N2O6. The second kappa shape index (κ2) is 7.31. The van der Waals surface area contributed by atoms with Crippen molar-refractivity contribution in [2.24, 2.45) is 5.73 Å². The van der Waals surface area contributed by atoms with E-state index in [0.717, 1.165) is 16.9 Å². The van der Waals surface area contributed by atoms with Gasteiger partial charge in [-0.1, -0.05) is 12.1 Å². The lowest BCUT2D eigenvalue weighted by Gasteiger charge is -2.15. The average Bonchev–Trinajstić information content (AvgIpc) is 3.40.